The Kier molecular flexibility index (Phi) is 8.76. The van der Waals surface area contributed by atoms with Crippen LogP contribution in [0.1, 0.15) is 38.3 Å². The maximum atomic E-state index is 13.4. The van der Waals surface area contributed by atoms with Gasteiger partial charge in [-0.05, 0) is 51.5 Å². The van der Waals surface area contributed by atoms with Crippen LogP contribution in [-0.2, 0) is 22.6 Å². The molecule has 3 aromatic rings. The van der Waals surface area contributed by atoms with Crippen LogP contribution in [0.25, 0.3) is 0 Å². The molecule has 0 aliphatic rings. The predicted molar refractivity (Wildman–Crippen MR) is 137 cm³/mol. The Morgan fingerprint density at radius 2 is 1.78 bits per heavy atom. The summed E-state index contributed by atoms with van der Waals surface area (Å²) in [6.07, 6.45) is -0.227. The van der Waals surface area contributed by atoms with Gasteiger partial charge in [-0.25, -0.2) is 19.1 Å². The number of rotatable bonds is 9. The van der Waals surface area contributed by atoms with E-state index >= 15 is 0 Å². The number of esters is 1. The summed E-state index contributed by atoms with van der Waals surface area (Å²) in [5, 5.41) is 0.323. The molecule has 0 radical (unpaired) electrons. The van der Waals surface area contributed by atoms with Gasteiger partial charge in [-0.1, -0.05) is 41.4 Å². The van der Waals surface area contributed by atoms with Crippen molar-refractivity contribution in [2.24, 2.45) is 4.99 Å². The van der Waals surface area contributed by atoms with E-state index in [9.17, 15) is 14.4 Å². The molecule has 1 aromatic heterocycles. The zero-order chi connectivity index (χ0) is 26.4. The number of nitrogens with two attached hydrogens (primary N) is 1. The Balaban J connectivity index is 2.17. The number of hydrogen-bond acceptors (Lipinski definition) is 7. The van der Waals surface area contributed by atoms with Gasteiger partial charge < -0.3 is 15.3 Å². The molecule has 0 spiro atoms. The minimum atomic E-state index is -0.811. The maximum Gasteiger partial charge on any atom is 0.353 e. The number of hydrogen-bond donors (Lipinski definition) is 1. The van der Waals surface area contributed by atoms with E-state index in [1.54, 1.807) is 25.1 Å². The van der Waals surface area contributed by atoms with Crippen LogP contribution in [0.5, 0.6) is 5.75 Å². The number of carbonyl (C=O) groups excluding carboxylic acids is 1. The van der Waals surface area contributed by atoms with Crippen molar-refractivity contribution in [2.75, 3.05) is 12.4 Å². The highest BCUT2D eigenvalue weighted by Crippen LogP contribution is 2.29. The normalized spacial score (nSPS) is 11.7. The zero-order valence-corrected chi connectivity index (χ0v) is 21.5. The second kappa shape index (κ2) is 11.8. The monoisotopic (exact) mass is 515 g/mol. The smallest absolute Gasteiger partial charge is 0.353 e. The van der Waals surface area contributed by atoms with E-state index in [-0.39, 0.29) is 37.8 Å². The summed E-state index contributed by atoms with van der Waals surface area (Å²) < 4.78 is 13.5. The van der Waals surface area contributed by atoms with Gasteiger partial charge in [0.25, 0.3) is 0 Å². The van der Waals surface area contributed by atoms with Gasteiger partial charge in [-0.2, -0.15) is 4.68 Å². The SMILES string of the molecule is CCOC(=O)CCn1c(=O)n(N)c(=Nc2ccc(OC(C)C)c(Cl)c2)n(Cc2ccc(C)cc2)c1=O. The first-order valence-corrected chi connectivity index (χ1v) is 11.9. The quantitative estimate of drug-likeness (QED) is 0.345. The van der Waals surface area contributed by atoms with Gasteiger partial charge in [-0.3, -0.25) is 9.36 Å². The second-order valence-corrected chi connectivity index (χ2v) is 8.81. The third-order valence-corrected chi connectivity index (χ3v) is 5.46. The number of halogens is 1. The molecule has 2 N–H and O–H groups in total. The molecule has 0 saturated heterocycles. The van der Waals surface area contributed by atoms with Gasteiger partial charge in [0.1, 0.15) is 5.75 Å². The molecule has 10 nitrogen and oxygen atoms in total. The second-order valence-electron chi connectivity index (χ2n) is 8.41. The number of nitrogens with zero attached hydrogens (tertiary/aromatic N) is 4. The van der Waals surface area contributed by atoms with Gasteiger partial charge in [0.2, 0.25) is 5.62 Å². The standard InChI is InChI=1S/C25H30ClN5O5/c1-5-35-22(32)12-13-29-24(33)30(15-18-8-6-17(4)7-9-18)23(31(27)25(29)34)28-19-10-11-21(20(26)14-19)36-16(2)3/h6-11,14,16H,5,12-13,15,27H2,1-4H3. The number of nitrogen functional groups attached to an aromatic ring is 1. The molecule has 1 heterocycles. The molecule has 0 fully saturated rings. The van der Waals surface area contributed by atoms with E-state index in [2.05, 4.69) is 4.99 Å². The van der Waals surface area contributed by atoms with E-state index < -0.39 is 17.3 Å². The summed E-state index contributed by atoms with van der Waals surface area (Å²) in [7, 11) is 0. The molecule has 36 heavy (non-hydrogen) atoms. The molecule has 0 atom stereocenters. The summed E-state index contributed by atoms with van der Waals surface area (Å²) in [5.41, 5.74) is 0.684. The Bertz CT molecular complexity index is 1420. The minimum Gasteiger partial charge on any atom is -0.489 e. The van der Waals surface area contributed by atoms with E-state index in [0.717, 1.165) is 20.4 Å². The third-order valence-electron chi connectivity index (χ3n) is 5.17. The fourth-order valence-corrected chi connectivity index (χ4v) is 3.66. The third kappa shape index (κ3) is 6.45. The molecule has 11 heteroatoms. The van der Waals surface area contributed by atoms with Gasteiger partial charge in [0.05, 0.1) is 36.4 Å². The zero-order valence-electron chi connectivity index (χ0n) is 20.7. The number of carbonyl (C=O) groups is 1. The van der Waals surface area contributed by atoms with Gasteiger partial charge in [0, 0.05) is 6.54 Å². The van der Waals surface area contributed by atoms with Crippen molar-refractivity contribution in [3.05, 3.63) is 85.2 Å². The Labute approximate surface area is 213 Å². The van der Waals surface area contributed by atoms with Crippen LogP contribution in [0.2, 0.25) is 5.02 Å². The molecule has 0 bridgehead atoms. The van der Waals surface area contributed by atoms with Crippen LogP contribution in [0.3, 0.4) is 0 Å². The van der Waals surface area contributed by atoms with Crippen LogP contribution >= 0.6 is 11.6 Å². The molecule has 3 rings (SSSR count). The topological polar surface area (TPSA) is 123 Å². The van der Waals surface area contributed by atoms with Crippen LogP contribution in [0, 0.1) is 6.92 Å². The first-order chi connectivity index (χ1) is 17.1. The van der Waals surface area contributed by atoms with Crippen LogP contribution in [0.4, 0.5) is 5.69 Å². The first kappa shape index (κ1) is 26.8. The molecule has 0 saturated carbocycles. The molecule has 0 amide bonds. The first-order valence-electron chi connectivity index (χ1n) is 11.5. The lowest BCUT2D eigenvalue weighted by atomic mass is 10.1. The summed E-state index contributed by atoms with van der Waals surface area (Å²) in [4.78, 5) is 42.7. The van der Waals surface area contributed by atoms with E-state index in [4.69, 9.17) is 26.9 Å². The fourth-order valence-electron chi connectivity index (χ4n) is 3.44. The van der Waals surface area contributed by atoms with E-state index in [0.29, 0.717) is 16.5 Å². The number of benzene rings is 2. The predicted octanol–water partition coefficient (Wildman–Crippen LogP) is 2.51. The molecule has 0 aliphatic carbocycles. The van der Waals surface area contributed by atoms with Gasteiger partial charge in [-0.15, -0.1) is 0 Å². The number of aromatic nitrogens is 3. The average Bonchev–Trinajstić information content (AvgIpc) is 2.82. The Morgan fingerprint density at radius 1 is 1.08 bits per heavy atom. The lowest BCUT2D eigenvalue weighted by molar-refractivity contribution is -0.143. The molecular weight excluding hydrogens is 486 g/mol. The van der Waals surface area contributed by atoms with Crippen molar-refractivity contribution in [1.29, 1.82) is 0 Å². The maximum absolute atomic E-state index is 13.4. The van der Waals surface area contributed by atoms with Crippen molar-refractivity contribution >= 4 is 23.3 Å². The van der Waals surface area contributed by atoms with Crippen molar-refractivity contribution < 1.29 is 14.3 Å². The largest absolute Gasteiger partial charge is 0.489 e. The summed E-state index contributed by atoms with van der Waals surface area (Å²) in [6.45, 7) is 7.50. The van der Waals surface area contributed by atoms with Gasteiger partial charge >= 0.3 is 17.3 Å². The van der Waals surface area contributed by atoms with Crippen LogP contribution in [0.15, 0.2) is 57.0 Å². The van der Waals surface area contributed by atoms with Crippen molar-refractivity contribution in [2.45, 2.75) is 53.3 Å². The molecule has 192 valence electrons. The highest BCUT2D eigenvalue weighted by Gasteiger charge is 2.15. The molecule has 2 aromatic carbocycles. The molecule has 0 aliphatic heterocycles. The van der Waals surface area contributed by atoms with E-state index in [1.165, 1.54) is 4.57 Å². The van der Waals surface area contributed by atoms with Crippen molar-refractivity contribution in [3.8, 4) is 5.75 Å². The summed E-state index contributed by atoms with van der Waals surface area (Å²) in [6, 6.07) is 12.4. The van der Waals surface area contributed by atoms with E-state index in [1.807, 2.05) is 45.0 Å². The minimum absolute atomic E-state index is 0.0709. The van der Waals surface area contributed by atoms with Crippen LogP contribution < -0.4 is 27.6 Å². The Hall–Kier alpha value is -3.79. The lowest BCUT2D eigenvalue weighted by Gasteiger charge is -2.14. The summed E-state index contributed by atoms with van der Waals surface area (Å²) >= 11 is 6.35. The molecule has 0 unspecified atom stereocenters. The van der Waals surface area contributed by atoms with Crippen LogP contribution in [-0.4, -0.2) is 32.5 Å². The highest BCUT2D eigenvalue weighted by molar-refractivity contribution is 6.32. The lowest BCUT2D eigenvalue weighted by Crippen LogP contribution is -2.57. The average molecular weight is 516 g/mol. The van der Waals surface area contributed by atoms with Crippen molar-refractivity contribution in [1.82, 2.24) is 13.8 Å². The number of ether oxygens (including phenoxy) is 2. The van der Waals surface area contributed by atoms with Gasteiger partial charge in [0.15, 0.2) is 0 Å². The molecular formula is C25H30ClN5O5. The fraction of sp³-hybridized carbons (Fsp3) is 0.360. The Morgan fingerprint density at radius 3 is 2.39 bits per heavy atom. The highest BCUT2D eigenvalue weighted by atomic mass is 35.5. The summed E-state index contributed by atoms with van der Waals surface area (Å²) in [5.74, 6) is 6.09. The number of aryl methyl sites for hydroxylation is 1. The van der Waals surface area contributed by atoms with Crippen molar-refractivity contribution in [3.63, 3.8) is 0 Å².